The fourth-order valence-electron chi connectivity index (χ4n) is 4.07. The van der Waals surface area contributed by atoms with Crippen LogP contribution in [0.3, 0.4) is 0 Å². The van der Waals surface area contributed by atoms with E-state index >= 15 is 0 Å². The summed E-state index contributed by atoms with van der Waals surface area (Å²) in [5.41, 5.74) is 3.87. The van der Waals surface area contributed by atoms with Crippen LogP contribution in [0.2, 0.25) is 0 Å². The summed E-state index contributed by atoms with van der Waals surface area (Å²) in [7, 11) is 4.67. The number of fused-ring (bicyclic) bond motifs is 1. The molecule has 4 rings (SSSR count). The molecule has 0 spiro atoms. The van der Waals surface area contributed by atoms with E-state index in [1.54, 1.807) is 50.3 Å². The van der Waals surface area contributed by atoms with Crippen LogP contribution < -0.4 is 19.5 Å². The van der Waals surface area contributed by atoms with Crippen LogP contribution in [0.1, 0.15) is 40.2 Å². The van der Waals surface area contributed by atoms with E-state index in [0.29, 0.717) is 22.9 Å². The lowest BCUT2D eigenvalue weighted by Gasteiger charge is -2.15. The van der Waals surface area contributed by atoms with Crippen LogP contribution in [0.15, 0.2) is 36.4 Å². The number of nitrogens with one attached hydrogen (secondary N) is 1. The normalized spacial score (nSPS) is 12.8. The van der Waals surface area contributed by atoms with Crippen LogP contribution in [0.25, 0.3) is 5.69 Å². The first-order chi connectivity index (χ1) is 15.5. The number of benzene rings is 2. The highest BCUT2D eigenvalue weighted by Gasteiger charge is 2.26. The van der Waals surface area contributed by atoms with Gasteiger partial charge in [0.1, 0.15) is 11.6 Å². The second-order valence-electron chi connectivity index (χ2n) is 7.57. The Hall–Kier alpha value is -3.55. The lowest BCUT2D eigenvalue weighted by atomic mass is 9.95. The summed E-state index contributed by atoms with van der Waals surface area (Å²) in [6.45, 7) is 0.237. The molecule has 2 aromatic carbocycles. The van der Waals surface area contributed by atoms with E-state index in [1.807, 2.05) is 0 Å². The first-order valence-corrected chi connectivity index (χ1v) is 10.5. The molecule has 0 radical (unpaired) electrons. The molecule has 1 N–H and O–H groups in total. The highest BCUT2D eigenvalue weighted by atomic mass is 19.1. The molecule has 1 amide bonds. The third-order valence-electron chi connectivity index (χ3n) is 5.69. The van der Waals surface area contributed by atoms with Gasteiger partial charge in [-0.25, -0.2) is 9.07 Å². The quantitative estimate of drug-likeness (QED) is 0.605. The van der Waals surface area contributed by atoms with E-state index in [-0.39, 0.29) is 18.3 Å². The molecule has 32 heavy (non-hydrogen) atoms. The van der Waals surface area contributed by atoms with E-state index in [1.165, 1.54) is 12.1 Å². The molecule has 0 saturated heterocycles. The van der Waals surface area contributed by atoms with E-state index in [2.05, 4.69) is 10.4 Å². The standard InChI is InChI=1S/C24H26FN3O4/c1-30-20-13-22(32-3)21(31-2)12-15(20)14-26-24(29)23-18-6-4-5-7-19(18)28(27-23)17-10-8-16(25)9-11-17/h8-13H,4-7,14H2,1-3H3,(H,26,29). The van der Waals surface area contributed by atoms with Gasteiger partial charge in [-0.05, 0) is 56.0 Å². The molecule has 8 heteroatoms. The van der Waals surface area contributed by atoms with Gasteiger partial charge in [0.05, 0.1) is 27.0 Å². The van der Waals surface area contributed by atoms with Crippen molar-refractivity contribution < 1.29 is 23.4 Å². The maximum Gasteiger partial charge on any atom is 0.272 e. The highest BCUT2D eigenvalue weighted by molar-refractivity contribution is 5.94. The van der Waals surface area contributed by atoms with Gasteiger partial charge in [-0.15, -0.1) is 0 Å². The van der Waals surface area contributed by atoms with Crippen LogP contribution in [0, 0.1) is 5.82 Å². The van der Waals surface area contributed by atoms with Crippen LogP contribution in [-0.2, 0) is 19.4 Å². The molecule has 3 aromatic rings. The molecule has 0 saturated carbocycles. The monoisotopic (exact) mass is 439 g/mol. The van der Waals surface area contributed by atoms with Gasteiger partial charge in [-0.2, -0.15) is 5.10 Å². The van der Waals surface area contributed by atoms with Crippen molar-refractivity contribution in [2.45, 2.75) is 32.2 Å². The molecule has 7 nitrogen and oxygen atoms in total. The molecule has 0 atom stereocenters. The van der Waals surface area contributed by atoms with Gasteiger partial charge < -0.3 is 19.5 Å². The molecule has 1 heterocycles. The summed E-state index contributed by atoms with van der Waals surface area (Å²) >= 11 is 0. The third kappa shape index (κ3) is 4.12. The van der Waals surface area contributed by atoms with E-state index < -0.39 is 0 Å². The van der Waals surface area contributed by atoms with Crippen molar-refractivity contribution in [2.24, 2.45) is 0 Å². The van der Waals surface area contributed by atoms with Crippen LogP contribution in [0.5, 0.6) is 17.2 Å². The van der Waals surface area contributed by atoms with Gasteiger partial charge in [0.25, 0.3) is 5.91 Å². The Morgan fingerprint density at radius 3 is 2.34 bits per heavy atom. The van der Waals surface area contributed by atoms with Gasteiger partial charge in [0.15, 0.2) is 17.2 Å². The minimum atomic E-state index is -0.309. The maximum atomic E-state index is 13.4. The molecule has 0 bridgehead atoms. The van der Waals surface area contributed by atoms with E-state index in [9.17, 15) is 9.18 Å². The van der Waals surface area contributed by atoms with Gasteiger partial charge in [0, 0.05) is 29.4 Å². The minimum absolute atomic E-state index is 0.237. The smallest absolute Gasteiger partial charge is 0.272 e. The number of amides is 1. The summed E-state index contributed by atoms with van der Waals surface area (Å²) in [5, 5.41) is 7.57. The number of carbonyl (C=O) groups is 1. The predicted molar refractivity (Wildman–Crippen MR) is 117 cm³/mol. The number of nitrogens with zero attached hydrogens (tertiary/aromatic N) is 2. The number of carbonyl (C=O) groups excluding carboxylic acids is 1. The van der Waals surface area contributed by atoms with Crippen molar-refractivity contribution in [1.29, 1.82) is 0 Å². The van der Waals surface area contributed by atoms with Crippen molar-refractivity contribution in [3.8, 4) is 22.9 Å². The summed E-state index contributed by atoms with van der Waals surface area (Å²) in [6.07, 6.45) is 3.66. The Morgan fingerprint density at radius 1 is 1.00 bits per heavy atom. The Labute approximate surface area is 186 Å². The number of ether oxygens (including phenoxy) is 3. The Morgan fingerprint density at radius 2 is 1.66 bits per heavy atom. The zero-order chi connectivity index (χ0) is 22.7. The van der Waals surface area contributed by atoms with Crippen molar-refractivity contribution in [2.75, 3.05) is 21.3 Å². The van der Waals surface area contributed by atoms with Gasteiger partial charge in [0.2, 0.25) is 0 Å². The van der Waals surface area contributed by atoms with Crippen molar-refractivity contribution in [3.05, 3.63) is 64.7 Å². The Kier molecular flexibility index (Phi) is 6.30. The molecule has 168 valence electrons. The van der Waals surface area contributed by atoms with Crippen molar-refractivity contribution >= 4 is 5.91 Å². The SMILES string of the molecule is COc1cc(OC)c(OC)cc1CNC(=O)c1nn(-c2ccc(F)cc2)c2c1CCCC2. The van der Waals surface area contributed by atoms with E-state index in [0.717, 1.165) is 48.2 Å². The first kappa shape index (κ1) is 21.7. The lowest BCUT2D eigenvalue weighted by molar-refractivity contribution is 0.0944. The molecule has 0 aliphatic heterocycles. The zero-order valence-corrected chi connectivity index (χ0v) is 18.4. The highest BCUT2D eigenvalue weighted by Crippen LogP contribution is 2.34. The maximum absolute atomic E-state index is 13.4. The molecule has 0 unspecified atom stereocenters. The lowest BCUT2D eigenvalue weighted by Crippen LogP contribution is -2.25. The molecule has 1 aliphatic rings. The van der Waals surface area contributed by atoms with Crippen molar-refractivity contribution in [1.82, 2.24) is 15.1 Å². The Balaban J connectivity index is 1.61. The number of halogens is 1. The largest absolute Gasteiger partial charge is 0.496 e. The minimum Gasteiger partial charge on any atom is -0.496 e. The van der Waals surface area contributed by atoms with Gasteiger partial charge in [-0.1, -0.05) is 0 Å². The van der Waals surface area contributed by atoms with Gasteiger partial charge >= 0.3 is 0 Å². The number of methoxy groups -OCH3 is 3. The second kappa shape index (κ2) is 9.30. The van der Waals surface area contributed by atoms with Crippen LogP contribution >= 0.6 is 0 Å². The molecular weight excluding hydrogens is 413 g/mol. The topological polar surface area (TPSA) is 74.6 Å². The number of rotatable bonds is 7. The van der Waals surface area contributed by atoms with Crippen molar-refractivity contribution in [3.63, 3.8) is 0 Å². The van der Waals surface area contributed by atoms with E-state index in [4.69, 9.17) is 14.2 Å². The second-order valence-corrected chi connectivity index (χ2v) is 7.57. The molecule has 1 aromatic heterocycles. The molecule has 0 fully saturated rings. The predicted octanol–water partition coefficient (Wildman–Crippen LogP) is 3.85. The molecular formula is C24H26FN3O4. The first-order valence-electron chi connectivity index (χ1n) is 10.5. The summed E-state index contributed by atoms with van der Waals surface area (Å²) in [6, 6.07) is 9.65. The van der Waals surface area contributed by atoms with Crippen LogP contribution in [-0.4, -0.2) is 37.0 Å². The summed E-state index contributed by atoms with van der Waals surface area (Å²) in [4.78, 5) is 13.1. The third-order valence-corrected chi connectivity index (χ3v) is 5.69. The number of aromatic nitrogens is 2. The fraction of sp³-hybridized carbons (Fsp3) is 0.333. The fourth-order valence-corrected chi connectivity index (χ4v) is 4.07. The average Bonchev–Trinajstić information content (AvgIpc) is 3.22. The number of hydrogen-bond donors (Lipinski definition) is 1. The zero-order valence-electron chi connectivity index (χ0n) is 18.4. The summed E-state index contributed by atoms with van der Waals surface area (Å²) < 4.78 is 31.3. The number of hydrogen-bond acceptors (Lipinski definition) is 5. The average molecular weight is 439 g/mol. The van der Waals surface area contributed by atoms with Crippen LogP contribution in [0.4, 0.5) is 4.39 Å². The Bertz CT molecular complexity index is 1130. The van der Waals surface area contributed by atoms with Gasteiger partial charge in [-0.3, -0.25) is 4.79 Å². The summed E-state index contributed by atoms with van der Waals surface area (Å²) in [5.74, 6) is 1.11. The molecule has 1 aliphatic carbocycles.